The van der Waals surface area contributed by atoms with Gasteiger partial charge in [-0.1, -0.05) is 6.42 Å². The maximum Gasteiger partial charge on any atom is 0.144 e. The van der Waals surface area contributed by atoms with Crippen LogP contribution in [0.2, 0.25) is 0 Å². The Morgan fingerprint density at radius 2 is 1.78 bits per heavy atom. The minimum absolute atomic E-state index is 1.85. The Labute approximate surface area is 54.4 Å². The lowest BCUT2D eigenvalue weighted by Gasteiger charge is -1.67. The Bertz CT molecular complexity index is 264. The fourth-order valence-electron chi connectivity index (χ4n) is 0.148. The Kier molecular flexibility index (Phi) is 4.72. The summed E-state index contributed by atoms with van der Waals surface area (Å²) in [4.78, 5) is 0. The molecule has 0 aromatic rings. The van der Waals surface area contributed by atoms with Crippen molar-refractivity contribution in [1.82, 2.24) is 0 Å². The molecule has 0 rings (SSSR count). The molecule has 1 nitrogen and oxygen atoms in total. The van der Waals surface area contributed by atoms with Crippen molar-refractivity contribution in [2.75, 3.05) is 0 Å². The van der Waals surface area contributed by atoms with Crippen molar-refractivity contribution in [2.45, 2.75) is 0 Å². The second kappa shape index (κ2) is 6.04. The van der Waals surface area contributed by atoms with Crippen LogP contribution in [0.1, 0.15) is 0 Å². The number of ether oxygens (including phenoxy) is 1. The average Bonchev–Trinajstić information content (AvgIpc) is 1.89. The van der Waals surface area contributed by atoms with Gasteiger partial charge in [0.1, 0.15) is 12.2 Å². The first kappa shape index (κ1) is 7.04. The molecule has 0 radical (unpaired) electrons. The first-order valence-corrected chi connectivity index (χ1v) is 1.99. The molecular weight excluding hydrogens is 112 g/mol. The van der Waals surface area contributed by atoms with Crippen molar-refractivity contribution in [3.63, 3.8) is 0 Å². The summed E-state index contributed by atoms with van der Waals surface area (Å²) in [5.74, 6) is 8.91. The van der Waals surface area contributed by atoms with Crippen LogP contribution in [-0.4, -0.2) is 0 Å². The zero-order valence-corrected chi connectivity index (χ0v) is 4.56. The first-order chi connectivity index (χ1) is 4.41. The SMILES string of the molecule is C#CC#CC#COC#C. The van der Waals surface area contributed by atoms with E-state index in [0.29, 0.717) is 0 Å². The molecular formula is C8H2O. The number of hydrogen-bond acceptors (Lipinski definition) is 1. The van der Waals surface area contributed by atoms with Crippen LogP contribution >= 0.6 is 0 Å². The highest BCUT2D eigenvalue weighted by molar-refractivity contribution is 5.32. The predicted molar refractivity (Wildman–Crippen MR) is 34.3 cm³/mol. The number of rotatable bonds is 0. The average molecular weight is 114 g/mol. The molecule has 0 saturated carbocycles. The van der Waals surface area contributed by atoms with E-state index in [1.807, 2.05) is 6.11 Å². The van der Waals surface area contributed by atoms with Crippen LogP contribution in [0.15, 0.2) is 0 Å². The third kappa shape index (κ3) is 6.04. The third-order valence-corrected chi connectivity index (χ3v) is 0.358. The summed E-state index contributed by atoms with van der Waals surface area (Å²) in [7, 11) is 0. The lowest BCUT2D eigenvalue weighted by molar-refractivity contribution is 0.480. The van der Waals surface area contributed by atoms with Gasteiger partial charge in [0.05, 0.1) is 0 Å². The Hall–Kier alpha value is -1.96. The molecule has 0 aliphatic heterocycles. The Balaban J connectivity index is 3.69. The van der Waals surface area contributed by atoms with Gasteiger partial charge in [0.15, 0.2) is 0 Å². The highest BCUT2D eigenvalue weighted by Crippen LogP contribution is 1.58. The van der Waals surface area contributed by atoms with Gasteiger partial charge in [-0.2, -0.15) is 0 Å². The zero-order chi connectivity index (χ0) is 6.95. The molecule has 1 heteroatoms. The predicted octanol–water partition coefficient (Wildman–Crippen LogP) is 0.191. The fourth-order valence-corrected chi connectivity index (χ4v) is 0.148. The van der Waals surface area contributed by atoms with Gasteiger partial charge >= 0.3 is 0 Å². The van der Waals surface area contributed by atoms with Gasteiger partial charge in [-0.3, -0.25) is 0 Å². The van der Waals surface area contributed by atoms with E-state index in [0.717, 1.165) is 0 Å². The van der Waals surface area contributed by atoms with Gasteiger partial charge in [0, 0.05) is 11.8 Å². The molecule has 0 unspecified atom stereocenters. The van der Waals surface area contributed by atoms with Crippen LogP contribution in [0.3, 0.4) is 0 Å². The quantitative estimate of drug-likeness (QED) is 0.408. The van der Waals surface area contributed by atoms with E-state index in [2.05, 4.69) is 40.9 Å². The summed E-state index contributed by atoms with van der Waals surface area (Å²) >= 11 is 0. The Morgan fingerprint density at radius 1 is 1.00 bits per heavy atom. The minimum Gasteiger partial charge on any atom is -0.356 e. The molecule has 0 saturated heterocycles. The highest BCUT2D eigenvalue weighted by atomic mass is 16.5. The molecule has 0 heterocycles. The van der Waals surface area contributed by atoms with Crippen molar-refractivity contribution in [3.8, 4) is 48.7 Å². The van der Waals surface area contributed by atoms with Crippen molar-refractivity contribution in [2.24, 2.45) is 0 Å². The third-order valence-electron chi connectivity index (χ3n) is 0.358. The molecule has 0 aromatic heterocycles. The van der Waals surface area contributed by atoms with Crippen molar-refractivity contribution in [1.29, 1.82) is 0 Å². The van der Waals surface area contributed by atoms with E-state index in [4.69, 9.17) is 6.42 Å². The van der Waals surface area contributed by atoms with Crippen molar-refractivity contribution < 1.29 is 4.74 Å². The lowest BCUT2D eigenvalue weighted by Crippen LogP contribution is -1.61. The van der Waals surface area contributed by atoms with Gasteiger partial charge in [0.25, 0.3) is 0 Å². The number of hydrogen-bond donors (Lipinski definition) is 0. The molecule has 0 fully saturated rings. The van der Waals surface area contributed by atoms with Crippen molar-refractivity contribution >= 4 is 0 Å². The van der Waals surface area contributed by atoms with Gasteiger partial charge < -0.3 is 4.74 Å². The summed E-state index contributed by atoms with van der Waals surface area (Å²) in [5, 5.41) is 0. The Morgan fingerprint density at radius 3 is 2.33 bits per heavy atom. The molecule has 40 valence electrons. The van der Waals surface area contributed by atoms with E-state index < -0.39 is 0 Å². The second-order valence-corrected chi connectivity index (χ2v) is 0.841. The number of terminal acetylenes is 2. The molecule has 0 aromatic carbocycles. The second-order valence-electron chi connectivity index (χ2n) is 0.841. The van der Waals surface area contributed by atoms with E-state index in [9.17, 15) is 0 Å². The van der Waals surface area contributed by atoms with Crippen LogP contribution in [-0.2, 0) is 4.74 Å². The smallest absolute Gasteiger partial charge is 0.144 e. The standard InChI is InChI=1S/C8H2O/c1-3-5-6-7-8-9-4-2/h1-2H. The molecule has 0 spiro atoms. The van der Waals surface area contributed by atoms with E-state index in [1.165, 1.54) is 0 Å². The summed E-state index contributed by atoms with van der Waals surface area (Å²) in [6.07, 6.45) is 13.4. The van der Waals surface area contributed by atoms with E-state index in [-0.39, 0.29) is 0 Å². The molecule has 0 aliphatic rings. The van der Waals surface area contributed by atoms with Crippen LogP contribution in [0.4, 0.5) is 0 Å². The van der Waals surface area contributed by atoms with Crippen LogP contribution in [0.5, 0.6) is 0 Å². The maximum atomic E-state index is 4.77. The van der Waals surface area contributed by atoms with Gasteiger partial charge in [-0.05, 0) is 11.8 Å². The van der Waals surface area contributed by atoms with Gasteiger partial charge in [-0.25, -0.2) is 0 Å². The van der Waals surface area contributed by atoms with Gasteiger partial charge in [0.2, 0.25) is 0 Å². The van der Waals surface area contributed by atoms with Gasteiger partial charge in [-0.15, -0.1) is 6.42 Å². The van der Waals surface area contributed by atoms with Crippen molar-refractivity contribution in [3.05, 3.63) is 0 Å². The summed E-state index contributed by atoms with van der Waals surface area (Å²) < 4.78 is 4.18. The fraction of sp³-hybridized carbons (Fsp3) is 0. The molecule has 9 heavy (non-hydrogen) atoms. The lowest BCUT2D eigenvalue weighted by atomic mass is 10.6. The molecule has 0 aliphatic carbocycles. The van der Waals surface area contributed by atoms with Crippen LogP contribution in [0, 0.1) is 48.7 Å². The monoisotopic (exact) mass is 114 g/mol. The van der Waals surface area contributed by atoms with E-state index in [1.54, 1.807) is 0 Å². The minimum atomic E-state index is 1.85. The normalized spacial score (nSPS) is 3.78. The van der Waals surface area contributed by atoms with Crippen LogP contribution in [0.25, 0.3) is 0 Å². The molecule has 0 amide bonds. The molecule has 0 atom stereocenters. The molecule has 0 N–H and O–H groups in total. The summed E-state index contributed by atoms with van der Waals surface area (Å²) in [5.41, 5.74) is 0. The van der Waals surface area contributed by atoms with Crippen LogP contribution < -0.4 is 0 Å². The largest absolute Gasteiger partial charge is 0.356 e. The molecule has 0 bridgehead atoms. The summed E-state index contributed by atoms with van der Waals surface area (Å²) in [6.45, 7) is 0. The zero-order valence-electron chi connectivity index (χ0n) is 4.56. The highest BCUT2D eigenvalue weighted by Gasteiger charge is 1.56. The first-order valence-electron chi connectivity index (χ1n) is 1.99. The maximum absolute atomic E-state index is 4.77. The topological polar surface area (TPSA) is 9.23 Å². The summed E-state index contributed by atoms with van der Waals surface area (Å²) in [6, 6.07) is 0. The van der Waals surface area contributed by atoms with E-state index >= 15 is 0 Å².